The van der Waals surface area contributed by atoms with E-state index in [9.17, 15) is 55.9 Å². The number of rotatable bonds is 5. The van der Waals surface area contributed by atoms with Crippen molar-refractivity contribution in [2.45, 2.75) is 61.2 Å². The van der Waals surface area contributed by atoms with Crippen LogP contribution in [0, 0.1) is 0 Å². The molecule has 0 saturated carbocycles. The maximum Gasteiger partial charge on any atom is 0.336 e. The van der Waals surface area contributed by atoms with Gasteiger partial charge in [0.1, 0.15) is 60.7 Å². The Labute approximate surface area is 201 Å². The molecule has 200 valence electrons. The van der Waals surface area contributed by atoms with E-state index in [1.807, 2.05) is 0 Å². The van der Waals surface area contributed by atoms with Crippen molar-refractivity contribution >= 4 is 11.0 Å². The number of fused-ring (bicyclic) bond motifs is 1. The van der Waals surface area contributed by atoms with Crippen molar-refractivity contribution in [1.29, 1.82) is 0 Å². The SMILES string of the molecule is O=c1ccc2c(O)c([C@@H]3O[C@@H](CO)[C@@H](O)[C@@H](O)[C@H]3O)c(O)c(O[C@@H]3O[C@@H](CO)[C@@H](O)[C@@H](O)[C@@H]3O)c2o1. The lowest BCUT2D eigenvalue weighted by Crippen LogP contribution is -2.60. The van der Waals surface area contributed by atoms with Crippen LogP contribution in [0.25, 0.3) is 11.0 Å². The highest BCUT2D eigenvalue weighted by atomic mass is 16.7. The highest BCUT2D eigenvalue weighted by Gasteiger charge is 2.48. The van der Waals surface area contributed by atoms with Crippen LogP contribution in [0.2, 0.25) is 0 Å². The minimum absolute atomic E-state index is 0.265. The predicted octanol–water partition coefficient (Wildman–Crippen LogP) is -4.10. The molecule has 4 rings (SSSR count). The van der Waals surface area contributed by atoms with Crippen molar-refractivity contribution in [2.24, 2.45) is 0 Å². The lowest BCUT2D eigenvalue weighted by molar-refractivity contribution is -0.277. The quantitative estimate of drug-likeness (QED) is 0.169. The number of hydrogen-bond donors (Lipinski definition) is 10. The zero-order valence-corrected chi connectivity index (χ0v) is 18.4. The second kappa shape index (κ2) is 10.1. The zero-order valence-electron chi connectivity index (χ0n) is 18.4. The van der Waals surface area contributed by atoms with Crippen molar-refractivity contribution in [2.75, 3.05) is 13.2 Å². The summed E-state index contributed by atoms with van der Waals surface area (Å²) in [4.78, 5) is 11.9. The topological polar surface area (TPSA) is 260 Å². The van der Waals surface area contributed by atoms with Crippen LogP contribution in [-0.4, -0.2) is 119 Å². The van der Waals surface area contributed by atoms with Crippen LogP contribution < -0.4 is 10.4 Å². The predicted molar refractivity (Wildman–Crippen MR) is 113 cm³/mol. The highest BCUT2D eigenvalue weighted by Crippen LogP contribution is 2.50. The van der Waals surface area contributed by atoms with Crippen LogP contribution in [0.4, 0.5) is 0 Å². The molecule has 15 heteroatoms. The van der Waals surface area contributed by atoms with E-state index in [0.717, 1.165) is 12.1 Å². The van der Waals surface area contributed by atoms with Gasteiger partial charge in [-0.05, 0) is 6.07 Å². The number of phenols is 2. The standard InChI is InChI=1S/C21H26O15/c22-3-6-11(26)14(29)16(31)19(33-6)9-10(25)5-1-2-8(24)35-18(5)20(13(9)28)36-21-17(32)15(30)12(27)7(4-23)34-21/h1-2,6-7,11-12,14-17,19,21-23,25-32H,3-4H2/t6-,7-,11+,12+,14+,15+,16+,17-,19-,21-/m0/s1. The van der Waals surface area contributed by atoms with Crippen LogP contribution in [-0.2, 0) is 9.47 Å². The van der Waals surface area contributed by atoms with Crippen molar-refractivity contribution in [3.05, 3.63) is 28.1 Å². The highest BCUT2D eigenvalue weighted by molar-refractivity contribution is 5.92. The third kappa shape index (κ3) is 4.28. The molecule has 1 aromatic heterocycles. The van der Waals surface area contributed by atoms with Gasteiger partial charge in [0.05, 0.1) is 24.2 Å². The van der Waals surface area contributed by atoms with Gasteiger partial charge in [0, 0.05) is 6.07 Å². The molecular formula is C21H26O15. The minimum atomic E-state index is -1.94. The summed E-state index contributed by atoms with van der Waals surface area (Å²) in [7, 11) is 0. The number of aliphatic hydroxyl groups is 8. The third-order valence-electron chi connectivity index (χ3n) is 6.28. The van der Waals surface area contributed by atoms with E-state index in [2.05, 4.69) is 0 Å². The molecule has 2 aliphatic rings. The molecule has 2 aliphatic heterocycles. The monoisotopic (exact) mass is 518 g/mol. The number of ether oxygens (including phenoxy) is 3. The average Bonchev–Trinajstić information content (AvgIpc) is 2.86. The molecule has 2 fully saturated rings. The summed E-state index contributed by atoms with van der Waals surface area (Å²) in [5, 5.41) is 102. The molecule has 10 N–H and O–H groups in total. The molecule has 2 aromatic rings. The number of aromatic hydroxyl groups is 2. The van der Waals surface area contributed by atoms with Gasteiger partial charge in [0.2, 0.25) is 12.0 Å². The largest absolute Gasteiger partial charge is 0.507 e. The molecule has 1 aromatic carbocycles. The summed E-state index contributed by atoms with van der Waals surface area (Å²) in [6, 6.07) is 1.98. The molecule has 0 unspecified atom stereocenters. The summed E-state index contributed by atoms with van der Waals surface area (Å²) < 4.78 is 21.2. The molecule has 0 spiro atoms. The van der Waals surface area contributed by atoms with E-state index in [1.54, 1.807) is 0 Å². The summed E-state index contributed by atoms with van der Waals surface area (Å²) in [6.45, 7) is -1.60. The van der Waals surface area contributed by atoms with Crippen LogP contribution >= 0.6 is 0 Å². The number of aliphatic hydroxyl groups excluding tert-OH is 8. The third-order valence-corrected chi connectivity index (χ3v) is 6.28. The molecule has 0 bridgehead atoms. The Balaban J connectivity index is 1.86. The summed E-state index contributed by atoms with van der Waals surface area (Å²) in [5.41, 5.74) is -2.10. The van der Waals surface area contributed by atoms with Crippen LogP contribution in [0.5, 0.6) is 17.2 Å². The van der Waals surface area contributed by atoms with Crippen molar-refractivity contribution < 1.29 is 69.7 Å². The first-order chi connectivity index (χ1) is 17.0. The first-order valence-electron chi connectivity index (χ1n) is 10.8. The van der Waals surface area contributed by atoms with E-state index >= 15 is 0 Å². The molecule has 2 saturated heterocycles. The van der Waals surface area contributed by atoms with Crippen LogP contribution in [0.1, 0.15) is 11.7 Å². The molecule has 0 aliphatic carbocycles. The fourth-order valence-electron chi connectivity index (χ4n) is 4.26. The first kappa shape index (κ1) is 26.5. The molecule has 15 nitrogen and oxygen atoms in total. The maximum absolute atomic E-state index is 11.9. The first-order valence-corrected chi connectivity index (χ1v) is 10.8. The molecule has 0 amide bonds. The van der Waals surface area contributed by atoms with E-state index in [-0.39, 0.29) is 5.39 Å². The van der Waals surface area contributed by atoms with E-state index < -0.39 is 108 Å². The molecule has 0 radical (unpaired) electrons. The van der Waals surface area contributed by atoms with Gasteiger partial charge in [-0.15, -0.1) is 0 Å². The smallest absolute Gasteiger partial charge is 0.336 e. The Hall–Kier alpha value is -2.57. The van der Waals surface area contributed by atoms with E-state index in [0.29, 0.717) is 0 Å². The summed E-state index contributed by atoms with van der Waals surface area (Å²) in [6.07, 6.45) is -17.5. The fourth-order valence-corrected chi connectivity index (χ4v) is 4.26. The Bertz CT molecular complexity index is 1150. The molecular weight excluding hydrogens is 492 g/mol. The lowest BCUT2D eigenvalue weighted by atomic mass is 9.89. The van der Waals surface area contributed by atoms with Crippen molar-refractivity contribution in [1.82, 2.24) is 0 Å². The van der Waals surface area contributed by atoms with Gasteiger partial charge in [-0.2, -0.15) is 0 Å². The Morgan fingerprint density at radius 3 is 1.94 bits per heavy atom. The van der Waals surface area contributed by atoms with Crippen LogP contribution in [0.3, 0.4) is 0 Å². The second-order valence-corrected chi connectivity index (χ2v) is 8.50. The number of hydrogen-bond acceptors (Lipinski definition) is 15. The minimum Gasteiger partial charge on any atom is -0.507 e. The zero-order chi connectivity index (χ0) is 26.5. The summed E-state index contributed by atoms with van der Waals surface area (Å²) in [5.74, 6) is -2.54. The van der Waals surface area contributed by atoms with E-state index in [4.69, 9.17) is 18.6 Å². The average molecular weight is 518 g/mol. The van der Waals surface area contributed by atoms with E-state index in [1.165, 1.54) is 0 Å². The molecule has 10 atom stereocenters. The van der Waals surface area contributed by atoms with Gasteiger partial charge in [-0.3, -0.25) is 0 Å². The maximum atomic E-state index is 11.9. The Kier molecular flexibility index (Phi) is 7.40. The van der Waals surface area contributed by atoms with Crippen LogP contribution in [0.15, 0.2) is 21.3 Å². The molecule has 36 heavy (non-hydrogen) atoms. The van der Waals surface area contributed by atoms with Crippen molar-refractivity contribution in [3.8, 4) is 17.2 Å². The van der Waals surface area contributed by atoms with Gasteiger partial charge >= 0.3 is 5.63 Å². The Morgan fingerprint density at radius 1 is 0.750 bits per heavy atom. The van der Waals surface area contributed by atoms with Gasteiger partial charge in [-0.1, -0.05) is 0 Å². The van der Waals surface area contributed by atoms with Gasteiger partial charge < -0.3 is 69.7 Å². The number of phenolic OH excluding ortho intramolecular Hbond substituents is 2. The van der Waals surface area contributed by atoms with Crippen molar-refractivity contribution in [3.63, 3.8) is 0 Å². The number of benzene rings is 1. The fraction of sp³-hybridized carbons (Fsp3) is 0.571. The van der Waals surface area contributed by atoms with Gasteiger partial charge in [-0.25, -0.2) is 4.79 Å². The second-order valence-electron chi connectivity index (χ2n) is 8.50. The van der Waals surface area contributed by atoms with Gasteiger partial charge in [0.25, 0.3) is 0 Å². The lowest BCUT2D eigenvalue weighted by Gasteiger charge is -2.41. The van der Waals surface area contributed by atoms with Gasteiger partial charge in [0.15, 0.2) is 11.3 Å². The molecule has 3 heterocycles. The summed E-state index contributed by atoms with van der Waals surface area (Å²) >= 11 is 0. The normalized spacial score (nSPS) is 37.2. The Morgan fingerprint density at radius 2 is 1.33 bits per heavy atom.